The molecule has 0 heterocycles. The minimum atomic E-state index is -4.49. The highest BCUT2D eigenvalue weighted by Gasteiger charge is 2.30. The van der Waals surface area contributed by atoms with Crippen molar-refractivity contribution in [2.75, 3.05) is 40.9 Å². The summed E-state index contributed by atoms with van der Waals surface area (Å²) in [5.74, 6) is -0.668. The van der Waals surface area contributed by atoms with Crippen LogP contribution in [-0.4, -0.2) is 74.3 Å². The van der Waals surface area contributed by atoms with Crippen LogP contribution >= 0.6 is 7.82 Å². The number of phosphoric ester groups is 1. The molecule has 0 rings (SSSR count). The molecule has 10 heteroatoms. The SMILES string of the molecule is CC\C=C/C=C/C=C/C=C\C=C\C=C\CCCCCC(=O)OC(/C=C/CCCCCCCCCCCCC)C(COP(=O)(O)OCC[N+](C)(C)C)NC(=O)CC/C=C/C/C=C/C/C=C/C/C=C/C/C=C/CC. The van der Waals surface area contributed by atoms with E-state index in [0.29, 0.717) is 23.9 Å². The van der Waals surface area contributed by atoms with Crippen LogP contribution in [0.3, 0.4) is 0 Å². The third-order valence-electron chi connectivity index (χ3n) is 11.2. The van der Waals surface area contributed by atoms with E-state index in [0.717, 1.165) is 77.0 Å². The van der Waals surface area contributed by atoms with Crippen LogP contribution in [0, 0.1) is 0 Å². The first-order valence-corrected chi connectivity index (χ1v) is 29.2. The smallest absolute Gasteiger partial charge is 0.456 e. The van der Waals surface area contributed by atoms with Gasteiger partial charge in [0.15, 0.2) is 0 Å². The van der Waals surface area contributed by atoms with Crippen molar-refractivity contribution in [3.8, 4) is 0 Å². The van der Waals surface area contributed by atoms with E-state index in [1.54, 1.807) is 6.08 Å². The first-order valence-electron chi connectivity index (χ1n) is 27.7. The number of ether oxygens (including phenoxy) is 1. The molecule has 0 aliphatic rings. The van der Waals surface area contributed by atoms with Crippen molar-refractivity contribution in [3.05, 3.63) is 146 Å². The Morgan fingerprint density at radius 2 is 0.972 bits per heavy atom. The quantitative estimate of drug-likeness (QED) is 0.0156. The van der Waals surface area contributed by atoms with E-state index in [-0.39, 0.29) is 32.0 Å². The number of allylic oxidation sites excluding steroid dienone is 23. The van der Waals surface area contributed by atoms with Gasteiger partial charge in [0.2, 0.25) is 5.91 Å². The van der Waals surface area contributed by atoms with Gasteiger partial charge in [-0.25, -0.2) is 4.57 Å². The summed E-state index contributed by atoms with van der Waals surface area (Å²) in [6, 6.07) is -0.917. The predicted molar refractivity (Wildman–Crippen MR) is 309 cm³/mol. The maximum Gasteiger partial charge on any atom is 0.472 e. The number of amides is 1. The molecule has 0 fully saturated rings. The Morgan fingerprint density at radius 3 is 1.50 bits per heavy atom. The molecular weight excluding hydrogens is 916 g/mol. The van der Waals surface area contributed by atoms with Crippen molar-refractivity contribution in [1.82, 2.24) is 5.32 Å². The Balaban J connectivity index is 5.63. The number of quaternary nitrogens is 1. The highest BCUT2D eigenvalue weighted by molar-refractivity contribution is 7.47. The van der Waals surface area contributed by atoms with Crippen LogP contribution in [0.25, 0.3) is 0 Å². The van der Waals surface area contributed by atoms with E-state index in [4.69, 9.17) is 13.8 Å². The highest BCUT2D eigenvalue weighted by Crippen LogP contribution is 2.43. The van der Waals surface area contributed by atoms with Gasteiger partial charge in [0.25, 0.3) is 0 Å². The van der Waals surface area contributed by atoms with Gasteiger partial charge >= 0.3 is 13.8 Å². The lowest BCUT2D eigenvalue weighted by Crippen LogP contribution is -2.47. The van der Waals surface area contributed by atoms with E-state index in [2.05, 4.69) is 86.8 Å². The van der Waals surface area contributed by atoms with Gasteiger partial charge in [-0.05, 0) is 83.1 Å². The number of hydrogen-bond donors (Lipinski definition) is 2. The van der Waals surface area contributed by atoms with Crippen LogP contribution in [0.4, 0.5) is 0 Å². The first kappa shape index (κ1) is 67.9. The summed E-state index contributed by atoms with van der Waals surface area (Å²) in [5, 5.41) is 2.98. The Hall–Kier alpha value is -4.11. The Labute approximate surface area is 440 Å². The van der Waals surface area contributed by atoms with E-state index in [1.165, 1.54) is 57.8 Å². The molecule has 406 valence electrons. The summed E-state index contributed by atoms with van der Waals surface area (Å²) in [5.41, 5.74) is 0. The molecule has 0 aliphatic heterocycles. The van der Waals surface area contributed by atoms with Crippen molar-refractivity contribution >= 4 is 19.7 Å². The number of nitrogens with one attached hydrogen (secondary N) is 1. The second-order valence-corrected chi connectivity index (χ2v) is 20.6. The molecule has 72 heavy (non-hydrogen) atoms. The van der Waals surface area contributed by atoms with Gasteiger partial charge in [-0.3, -0.25) is 18.6 Å². The van der Waals surface area contributed by atoms with Crippen LogP contribution in [0.1, 0.15) is 181 Å². The van der Waals surface area contributed by atoms with Gasteiger partial charge in [-0.1, -0.05) is 231 Å². The molecule has 2 N–H and O–H groups in total. The fraction of sp³-hybridized carbons (Fsp3) is 0.581. The van der Waals surface area contributed by atoms with Gasteiger partial charge in [0.1, 0.15) is 19.3 Å². The zero-order valence-corrected chi connectivity index (χ0v) is 47.0. The molecular formula is C62H102N2O7P+. The zero-order valence-electron chi connectivity index (χ0n) is 46.1. The van der Waals surface area contributed by atoms with Gasteiger partial charge in [-0.15, -0.1) is 0 Å². The van der Waals surface area contributed by atoms with E-state index < -0.39 is 25.9 Å². The molecule has 0 aliphatic carbocycles. The Kier molecular flexibility index (Phi) is 47.5. The first-order chi connectivity index (χ1) is 34.9. The molecule has 3 unspecified atom stereocenters. The molecule has 0 bridgehead atoms. The van der Waals surface area contributed by atoms with E-state index >= 15 is 0 Å². The number of rotatable bonds is 47. The minimum Gasteiger partial charge on any atom is -0.456 e. The predicted octanol–water partition coefficient (Wildman–Crippen LogP) is 16.7. The fourth-order valence-corrected chi connectivity index (χ4v) is 7.69. The van der Waals surface area contributed by atoms with Crippen molar-refractivity contribution in [1.29, 1.82) is 0 Å². The largest absolute Gasteiger partial charge is 0.472 e. The third kappa shape index (κ3) is 50.8. The lowest BCUT2D eigenvalue weighted by Gasteiger charge is -2.27. The van der Waals surface area contributed by atoms with Crippen molar-refractivity contribution in [3.63, 3.8) is 0 Å². The van der Waals surface area contributed by atoms with Gasteiger partial charge in [0.05, 0.1) is 33.8 Å². The molecule has 9 nitrogen and oxygen atoms in total. The average Bonchev–Trinajstić information content (AvgIpc) is 3.34. The van der Waals surface area contributed by atoms with Crippen LogP contribution < -0.4 is 5.32 Å². The van der Waals surface area contributed by atoms with Crippen LogP contribution in [0.5, 0.6) is 0 Å². The van der Waals surface area contributed by atoms with Crippen LogP contribution in [-0.2, 0) is 27.9 Å². The van der Waals surface area contributed by atoms with Crippen molar-refractivity contribution in [2.45, 2.75) is 193 Å². The minimum absolute atomic E-state index is 0.0104. The zero-order chi connectivity index (χ0) is 52.9. The lowest BCUT2D eigenvalue weighted by atomic mass is 10.0. The second-order valence-electron chi connectivity index (χ2n) is 19.1. The van der Waals surface area contributed by atoms with E-state index in [9.17, 15) is 19.0 Å². The number of unbranched alkanes of at least 4 members (excludes halogenated alkanes) is 14. The monoisotopic (exact) mass is 1020 g/mol. The summed E-state index contributed by atoms with van der Waals surface area (Å²) in [7, 11) is 1.40. The highest BCUT2D eigenvalue weighted by atomic mass is 31.2. The van der Waals surface area contributed by atoms with E-state index in [1.807, 2.05) is 100 Å². The number of likely N-dealkylation sites (N-methyl/N-ethyl adjacent to an activating group) is 1. The fourth-order valence-electron chi connectivity index (χ4n) is 6.96. The molecule has 3 atom stereocenters. The van der Waals surface area contributed by atoms with Gasteiger partial charge in [0, 0.05) is 12.8 Å². The summed E-state index contributed by atoms with van der Waals surface area (Å²) < 4.78 is 30.5. The van der Waals surface area contributed by atoms with Gasteiger partial charge in [-0.2, -0.15) is 0 Å². The average molecular weight is 1020 g/mol. The van der Waals surface area contributed by atoms with Crippen molar-refractivity contribution in [2.24, 2.45) is 0 Å². The standard InChI is InChI=1S/C62H101N2O7P/c1-7-10-13-16-19-22-25-28-30-32-34-37-40-43-46-49-52-55-62(66)71-60(53-50-47-44-41-38-35-27-24-21-18-15-12-9-3)59(58-70-72(67,68)69-57-56-64(4,5)6)63-61(65)54-51-48-45-42-39-36-33-31-29-26-23-20-17-14-11-8-2/h10-11,13-14,16,19-20,22-23,25,28-32,34,36-37,39-40,45,48,50,53,59-60H,7-9,12,15,17-18,21,24,26-27,33,35,38,41-44,46-47,49,51-52,54-58H2,1-6H3,(H-,63,65,67,68)/p+1/b13-10-,14-11+,19-16+,23-20+,25-22+,30-28-,31-29+,34-32+,39-36+,40-37+,48-45+,53-50+. The topological polar surface area (TPSA) is 111 Å². The number of esters is 1. The lowest BCUT2D eigenvalue weighted by molar-refractivity contribution is -0.870. The molecule has 0 radical (unpaired) electrons. The van der Waals surface area contributed by atoms with Gasteiger partial charge < -0.3 is 19.4 Å². The number of nitrogens with zero attached hydrogens (tertiary/aromatic N) is 1. The Morgan fingerprint density at radius 1 is 0.514 bits per heavy atom. The molecule has 0 aromatic heterocycles. The summed E-state index contributed by atoms with van der Waals surface area (Å²) in [4.78, 5) is 37.5. The normalized spacial score (nSPS) is 14.9. The van der Waals surface area contributed by atoms with Crippen LogP contribution in [0.15, 0.2) is 146 Å². The number of carbonyl (C=O) groups is 2. The summed E-state index contributed by atoms with van der Waals surface area (Å²) in [6.45, 7) is 6.62. The summed E-state index contributed by atoms with van der Waals surface area (Å²) >= 11 is 0. The molecule has 0 saturated carbocycles. The molecule has 0 spiro atoms. The molecule has 1 amide bonds. The van der Waals surface area contributed by atoms with Crippen LogP contribution in [0.2, 0.25) is 0 Å². The second kappa shape index (κ2) is 50.4. The molecule has 0 aromatic rings. The number of phosphoric acid groups is 1. The molecule has 0 aromatic carbocycles. The Bertz CT molecular complexity index is 1740. The third-order valence-corrected chi connectivity index (χ3v) is 12.2. The van der Waals surface area contributed by atoms with Crippen molar-refractivity contribution < 1.29 is 37.3 Å². The molecule has 0 saturated heterocycles. The maximum atomic E-state index is 13.5. The number of carbonyl (C=O) groups excluding carboxylic acids is 2. The number of hydrogen-bond acceptors (Lipinski definition) is 6. The summed E-state index contributed by atoms with van der Waals surface area (Å²) in [6.07, 6.45) is 72.9. The maximum absolute atomic E-state index is 13.5.